The van der Waals surface area contributed by atoms with Crippen molar-refractivity contribution in [2.75, 3.05) is 25.0 Å². The van der Waals surface area contributed by atoms with Gasteiger partial charge >= 0.3 is 6.18 Å². The first-order chi connectivity index (χ1) is 14.9. The number of carbonyl (C=O) groups is 1. The average Bonchev–Trinajstić information content (AvgIpc) is 3.21. The van der Waals surface area contributed by atoms with Crippen LogP contribution in [0.5, 0.6) is 0 Å². The largest absolute Gasteiger partial charge is 0.417 e. The van der Waals surface area contributed by atoms with Crippen LogP contribution in [0.2, 0.25) is 0 Å². The Morgan fingerprint density at radius 2 is 2.06 bits per heavy atom. The van der Waals surface area contributed by atoms with Crippen molar-refractivity contribution in [2.45, 2.75) is 64.0 Å². The molecule has 1 saturated carbocycles. The van der Waals surface area contributed by atoms with Crippen molar-refractivity contribution in [2.24, 2.45) is 11.3 Å². The highest BCUT2D eigenvalue weighted by Gasteiger charge is 2.51. The van der Waals surface area contributed by atoms with Gasteiger partial charge in [0.25, 0.3) is 0 Å². The van der Waals surface area contributed by atoms with Crippen LogP contribution in [-0.4, -0.2) is 53.2 Å². The Bertz CT molecular complexity index is 867. The molecule has 0 aromatic carbocycles. The molecule has 0 radical (unpaired) electrons. The number of rotatable bonds is 6. The summed E-state index contributed by atoms with van der Waals surface area (Å²) in [5, 5.41) is 15.6. The van der Waals surface area contributed by atoms with E-state index in [1.165, 1.54) is 11.0 Å². The Morgan fingerprint density at radius 1 is 1.34 bits per heavy atom. The highest BCUT2D eigenvalue weighted by Crippen LogP contribution is 2.50. The average molecular weight is 456 g/mol. The summed E-state index contributed by atoms with van der Waals surface area (Å²) in [6, 6.07) is 3.59. The fourth-order valence-corrected chi connectivity index (χ4v) is 4.72. The van der Waals surface area contributed by atoms with Gasteiger partial charge in [-0.2, -0.15) is 18.4 Å². The van der Waals surface area contributed by atoms with Crippen molar-refractivity contribution in [1.29, 1.82) is 5.26 Å². The minimum Gasteiger partial charge on any atom is -0.370 e. The van der Waals surface area contributed by atoms with Gasteiger partial charge in [0.2, 0.25) is 5.91 Å². The van der Waals surface area contributed by atoms with E-state index < -0.39 is 24.0 Å². The second kappa shape index (κ2) is 8.85. The van der Waals surface area contributed by atoms with Gasteiger partial charge < -0.3 is 15.5 Å². The lowest BCUT2D eigenvalue weighted by atomic mass is 9.71. The van der Waals surface area contributed by atoms with Crippen LogP contribution in [0.3, 0.4) is 0 Å². The third-order valence-electron chi connectivity index (χ3n) is 7.41. The predicted octanol–water partition coefficient (Wildman–Crippen LogP) is 3.76. The van der Waals surface area contributed by atoms with Crippen molar-refractivity contribution in [3.05, 3.63) is 23.9 Å². The monoisotopic (exact) mass is 455 g/mol. The first kappa shape index (κ1) is 24.2. The molecule has 1 aromatic rings. The van der Waals surface area contributed by atoms with E-state index >= 15 is 0 Å². The Labute approximate surface area is 185 Å². The summed E-state index contributed by atoms with van der Waals surface area (Å²) >= 11 is 0. The minimum absolute atomic E-state index is 0.0193. The molecule has 4 atom stereocenters. The molecule has 0 unspecified atom stereocenters. The summed E-state index contributed by atoms with van der Waals surface area (Å²) in [4.78, 5) is 17.8. The van der Waals surface area contributed by atoms with Gasteiger partial charge in [0, 0.05) is 24.7 Å². The maximum Gasteiger partial charge on any atom is 0.417 e. The summed E-state index contributed by atoms with van der Waals surface area (Å²) in [7, 11) is 0. The maximum atomic E-state index is 13.6. The van der Waals surface area contributed by atoms with Gasteiger partial charge in [-0.1, -0.05) is 13.8 Å². The zero-order valence-electron chi connectivity index (χ0n) is 18.5. The fourth-order valence-electron chi connectivity index (χ4n) is 4.72. The molecule has 1 amide bonds. The highest BCUT2D eigenvalue weighted by molar-refractivity contribution is 5.79. The predicted molar refractivity (Wildman–Crippen MR) is 111 cm³/mol. The van der Waals surface area contributed by atoms with Crippen molar-refractivity contribution in [3.8, 4) is 6.07 Å². The molecule has 1 aliphatic carbocycles. The standard InChI is InChI=1S/C22H29F4N5O/c1-20(2)14(10-28-18-5-4-15(11-29-18)22(24,25)26)6-7-21(20,3)30-12-19(32)31-13-16(23)8-17(31)9-27/h4-5,11,14,16-17,30H,6-8,10,12-13H2,1-3H3,(H,28,29)/t14-,16+,17+,21-/m1/s1. The van der Waals surface area contributed by atoms with E-state index in [1.54, 1.807) is 0 Å². The van der Waals surface area contributed by atoms with Gasteiger partial charge in [0.1, 0.15) is 18.0 Å². The molecule has 2 aliphatic rings. The first-order valence-electron chi connectivity index (χ1n) is 10.7. The van der Waals surface area contributed by atoms with Crippen LogP contribution in [0.15, 0.2) is 18.3 Å². The van der Waals surface area contributed by atoms with Crippen LogP contribution in [-0.2, 0) is 11.0 Å². The molecule has 3 rings (SSSR count). The molecule has 1 aromatic heterocycles. The van der Waals surface area contributed by atoms with E-state index in [9.17, 15) is 22.4 Å². The Balaban J connectivity index is 1.57. The zero-order valence-corrected chi connectivity index (χ0v) is 18.5. The number of likely N-dealkylation sites (tertiary alicyclic amines) is 1. The van der Waals surface area contributed by atoms with E-state index in [4.69, 9.17) is 5.26 Å². The van der Waals surface area contributed by atoms with Crippen molar-refractivity contribution >= 4 is 11.7 Å². The number of hydrogen-bond acceptors (Lipinski definition) is 5. The van der Waals surface area contributed by atoms with E-state index in [0.29, 0.717) is 12.4 Å². The number of nitrogens with one attached hydrogen (secondary N) is 2. The topological polar surface area (TPSA) is 81.1 Å². The number of nitrogens with zero attached hydrogens (tertiary/aromatic N) is 3. The third-order valence-corrected chi connectivity index (χ3v) is 7.41. The van der Waals surface area contributed by atoms with E-state index in [-0.39, 0.29) is 42.3 Å². The molecular weight excluding hydrogens is 426 g/mol. The van der Waals surface area contributed by atoms with Crippen LogP contribution in [0.25, 0.3) is 0 Å². The second-order valence-corrected chi connectivity index (χ2v) is 9.48. The first-order valence-corrected chi connectivity index (χ1v) is 10.7. The normalized spacial score (nSPS) is 29.7. The number of carbonyl (C=O) groups excluding carboxylic acids is 1. The molecule has 2 N–H and O–H groups in total. The van der Waals surface area contributed by atoms with Crippen LogP contribution in [0.4, 0.5) is 23.4 Å². The summed E-state index contributed by atoms with van der Waals surface area (Å²) in [6.07, 6.45) is -3.07. The van der Waals surface area contributed by atoms with E-state index in [1.807, 2.05) is 13.0 Å². The number of halogens is 4. The summed E-state index contributed by atoms with van der Waals surface area (Å²) < 4.78 is 51.7. The van der Waals surface area contributed by atoms with Crippen LogP contribution >= 0.6 is 0 Å². The summed E-state index contributed by atoms with van der Waals surface area (Å²) in [5.41, 5.74) is -1.41. The number of hydrogen-bond donors (Lipinski definition) is 2. The second-order valence-electron chi connectivity index (χ2n) is 9.48. The van der Waals surface area contributed by atoms with Crippen molar-refractivity contribution in [1.82, 2.24) is 15.2 Å². The van der Waals surface area contributed by atoms with Gasteiger partial charge in [-0.05, 0) is 43.2 Å². The fraction of sp³-hybridized carbons (Fsp3) is 0.682. The number of nitriles is 1. The molecule has 1 saturated heterocycles. The smallest absolute Gasteiger partial charge is 0.370 e. The lowest BCUT2D eigenvalue weighted by Crippen LogP contribution is -2.55. The molecule has 176 valence electrons. The zero-order chi connectivity index (χ0) is 23.7. The number of alkyl halides is 4. The molecule has 2 heterocycles. The van der Waals surface area contributed by atoms with Crippen molar-refractivity contribution < 1.29 is 22.4 Å². The van der Waals surface area contributed by atoms with Gasteiger partial charge in [0.15, 0.2) is 0 Å². The van der Waals surface area contributed by atoms with Crippen molar-refractivity contribution in [3.63, 3.8) is 0 Å². The Morgan fingerprint density at radius 3 is 2.66 bits per heavy atom. The summed E-state index contributed by atoms with van der Waals surface area (Å²) in [6.45, 7) is 6.73. The molecule has 2 fully saturated rings. The molecule has 1 aliphatic heterocycles. The lowest BCUT2D eigenvalue weighted by Gasteiger charge is -2.43. The summed E-state index contributed by atoms with van der Waals surface area (Å²) in [5.74, 6) is 0.278. The van der Waals surface area contributed by atoms with Crippen LogP contribution in [0.1, 0.15) is 45.6 Å². The molecule has 6 nitrogen and oxygen atoms in total. The van der Waals surface area contributed by atoms with Gasteiger partial charge in [-0.15, -0.1) is 0 Å². The van der Waals surface area contributed by atoms with E-state index in [2.05, 4.69) is 29.5 Å². The molecule has 32 heavy (non-hydrogen) atoms. The maximum absolute atomic E-state index is 13.6. The molecule has 10 heteroatoms. The molecule has 0 bridgehead atoms. The highest BCUT2D eigenvalue weighted by atomic mass is 19.4. The lowest BCUT2D eigenvalue weighted by molar-refractivity contribution is -0.137. The van der Waals surface area contributed by atoms with Crippen LogP contribution < -0.4 is 10.6 Å². The Kier molecular flexibility index (Phi) is 6.70. The number of anilines is 1. The molecule has 0 spiro atoms. The third kappa shape index (κ3) is 4.82. The number of amides is 1. The van der Waals surface area contributed by atoms with Gasteiger partial charge in [0.05, 0.1) is 24.7 Å². The Hall–Kier alpha value is -2.41. The number of aromatic nitrogens is 1. The molecular formula is C22H29F4N5O. The quantitative estimate of drug-likeness (QED) is 0.639. The number of pyridine rings is 1. The van der Waals surface area contributed by atoms with Gasteiger partial charge in [-0.25, -0.2) is 9.37 Å². The van der Waals surface area contributed by atoms with Gasteiger partial charge in [-0.3, -0.25) is 4.79 Å². The van der Waals surface area contributed by atoms with Crippen LogP contribution in [0, 0.1) is 22.7 Å². The minimum atomic E-state index is -4.42. The van der Waals surface area contributed by atoms with E-state index in [0.717, 1.165) is 25.1 Å². The SMILES string of the molecule is CC1(C)[C@@H](CNc2ccc(C(F)(F)F)cn2)CC[C@@]1(C)NCC(=O)N1C[C@@H](F)C[C@H]1C#N.